The van der Waals surface area contributed by atoms with Crippen molar-refractivity contribution in [2.24, 2.45) is 0 Å². The van der Waals surface area contributed by atoms with E-state index in [1.165, 1.54) is 11.9 Å². The summed E-state index contributed by atoms with van der Waals surface area (Å²) in [7, 11) is 3.33. The van der Waals surface area contributed by atoms with Crippen LogP contribution in [0.25, 0.3) is 5.57 Å². The van der Waals surface area contributed by atoms with Gasteiger partial charge in [0.25, 0.3) is 11.8 Å². The van der Waals surface area contributed by atoms with Gasteiger partial charge in [0.1, 0.15) is 5.70 Å². The fourth-order valence-electron chi connectivity index (χ4n) is 2.70. The van der Waals surface area contributed by atoms with Crippen molar-refractivity contribution in [2.45, 2.75) is 6.92 Å². The smallest absolute Gasteiger partial charge is 0.277 e. The number of carbonyl (C=O) groups excluding carboxylic acids is 2. The fourth-order valence-corrected chi connectivity index (χ4v) is 2.70. The highest BCUT2D eigenvalue weighted by atomic mass is 16.2. The van der Waals surface area contributed by atoms with E-state index in [4.69, 9.17) is 0 Å². The van der Waals surface area contributed by atoms with Crippen molar-refractivity contribution in [3.8, 4) is 0 Å². The van der Waals surface area contributed by atoms with E-state index in [9.17, 15) is 9.59 Å². The largest absolute Gasteiger partial charge is 0.339 e. The Morgan fingerprint density at radius 1 is 0.870 bits per heavy atom. The predicted octanol–water partition coefficient (Wildman–Crippen LogP) is 2.84. The van der Waals surface area contributed by atoms with E-state index in [0.29, 0.717) is 11.3 Å². The van der Waals surface area contributed by atoms with E-state index in [0.717, 1.165) is 16.8 Å². The summed E-state index contributed by atoms with van der Waals surface area (Å²) in [6.07, 6.45) is 0. The molecule has 4 heteroatoms. The van der Waals surface area contributed by atoms with Crippen LogP contribution in [0, 0.1) is 6.92 Å². The first kappa shape index (κ1) is 15.0. The summed E-state index contributed by atoms with van der Waals surface area (Å²) in [5, 5.41) is 0. The number of anilines is 1. The molecule has 2 aromatic rings. The lowest BCUT2D eigenvalue weighted by Gasteiger charge is -2.20. The number of benzene rings is 2. The van der Waals surface area contributed by atoms with Crippen molar-refractivity contribution in [3.63, 3.8) is 0 Å². The van der Waals surface area contributed by atoms with Crippen LogP contribution < -0.4 is 4.90 Å². The molecular formula is C19H18N2O2. The Labute approximate surface area is 135 Å². The Kier molecular flexibility index (Phi) is 3.74. The number of imide groups is 1. The van der Waals surface area contributed by atoms with Gasteiger partial charge >= 0.3 is 0 Å². The number of amides is 2. The number of hydrogen-bond acceptors (Lipinski definition) is 3. The van der Waals surface area contributed by atoms with Crippen LogP contribution >= 0.6 is 0 Å². The molecule has 0 bridgehead atoms. The van der Waals surface area contributed by atoms with E-state index >= 15 is 0 Å². The molecule has 0 N–H and O–H groups in total. The van der Waals surface area contributed by atoms with Crippen LogP contribution in [0.3, 0.4) is 0 Å². The van der Waals surface area contributed by atoms with E-state index in [1.54, 1.807) is 4.90 Å². The Morgan fingerprint density at radius 3 is 2.09 bits per heavy atom. The van der Waals surface area contributed by atoms with Crippen molar-refractivity contribution < 1.29 is 9.59 Å². The minimum atomic E-state index is -0.281. The topological polar surface area (TPSA) is 40.6 Å². The summed E-state index contributed by atoms with van der Waals surface area (Å²) in [6, 6.07) is 17.2. The minimum absolute atomic E-state index is 0.267. The van der Waals surface area contributed by atoms with Crippen LogP contribution in [0.1, 0.15) is 11.1 Å². The van der Waals surface area contributed by atoms with Crippen LogP contribution in [0.2, 0.25) is 0 Å². The number of rotatable bonds is 3. The SMILES string of the molecule is Cc1ccc(C2=C(N(C)c3ccccc3)C(=O)N(C)C2=O)cc1. The third-order valence-corrected chi connectivity index (χ3v) is 4.08. The Hall–Kier alpha value is -2.88. The summed E-state index contributed by atoms with van der Waals surface area (Å²) in [6.45, 7) is 1.99. The second-order valence-electron chi connectivity index (χ2n) is 5.65. The highest BCUT2D eigenvalue weighted by Gasteiger charge is 2.38. The maximum absolute atomic E-state index is 12.6. The molecule has 116 valence electrons. The van der Waals surface area contributed by atoms with Gasteiger partial charge in [-0.05, 0) is 24.6 Å². The molecule has 0 unspecified atom stereocenters. The van der Waals surface area contributed by atoms with E-state index in [1.807, 2.05) is 68.6 Å². The maximum atomic E-state index is 12.6. The predicted molar refractivity (Wildman–Crippen MR) is 90.7 cm³/mol. The van der Waals surface area contributed by atoms with E-state index in [2.05, 4.69) is 0 Å². The monoisotopic (exact) mass is 306 g/mol. The lowest BCUT2D eigenvalue weighted by atomic mass is 10.0. The van der Waals surface area contributed by atoms with Gasteiger partial charge in [-0.15, -0.1) is 0 Å². The molecule has 3 rings (SSSR count). The van der Waals surface area contributed by atoms with Crippen LogP contribution in [0.5, 0.6) is 0 Å². The fraction of sp³-hybridized carbons (Fsp3) is 0.158. The summed E-state index contributed by atoms with van der Waals surface area (Å²) in [5.41, 5.74) is 3.59. The summed E-state index contributed by atoms with van der Waals surface area (Å²) < 4.78 is 0. The van der Waals surface area contributed by atoms with Crippen LogP contribution in [-0.2, 0) is 9.59 Å². The molecule has 0 aromatic heterocycles. The molecule has 1 heterocycles. The van der Waals surface area contributed by atoms with Crippen molar-refractivity contribution in [2.75, 3.05) is 19.0 Å². The number of para-hydroxylation sites is 1. The zero-order valence-corrected chi connectivity index (χ0v) is 13.4. The molecular weight excluding hydrogens is 288 g/mol. The summed E-state index contributed by atoms with van der Waals surface area (Å²) in [5.74, 6) is -0.548. The number of carbonyl (C=O) groups is 2. The molecule has 0 saturated heterocycles. The molecule has 4 nitrogen and oxygen atoms in total. The number of aryl methyl sites for hydroxylation is 1. The van der Waals surface area contributed by atoms with Crippen molar-refractivity contribution in [1.29, 1.82) is 0 Å². The molecule has 0 fully saturated rings. The average Bonchev–Trinajstić information content (AvgIpc) is 2.80. The molecule has 1 aliphatic rings. The zero-order chi connectivity index (χ0) is 16.6. The second-order valence-corrected chi connectivity index (χ2v) is 5.65. The van der Waals surface area contributed by atoms with Gasteiger partial charge in [0.15, 0.2) is 0 Å². The molecule has 2 aromatic carbocycles. The number of likely N-dealkylation sites (N-methyl/N-ethyl adjacent to an activating group) is 2. The van der Waals surface area contributed by atoms with Crippen LogP contribution in [-0.4, -0.2) is 30.8 Å². The van der Waals surface area contributed by atoms with Gasteiger partial charge < -0.3 is 4.90 Å². The molecule has 1 aliphatic heterocycles. The lowest BCUT2D eigenvalue weighted by Crippen LogP contribution is -2.30. The van der Waals surface area contributed by atoms with Gasteiger partial charge in [0.2, 0.25) is 0 Å². The quantitative estimate of drug-likeness (QED) is 0.819. The average molecular weight is 306 g/mol. The number of nitrogens with zero attached hydrogens (tertiary/aromatic N) is 2. The van der Waals surface area contributed by atoms with Gasteiger partial charge in [-0.2, -0.15) is 0 Å². The molecule has 23 heavy (non-hydrogen) atoms. The highest BCUT2D eigenvalue weighted by Crippen LogP contribution is 2.32. The molecule has 2 amide bonds. The van der Waals surface area contributed by atoms with Crippen LogP contribution in [0.4, 0.5) is 5.69 Å². The van der Waals surface area contributed by atoms with E-state index < -0.39 is 0 Å². The van der Waals surface area contributed by atoms with Crippen molar-refractivity contribution in [1.82, 2.24) is 4.90 Å². The Morgan fingerprint density at radius 2 is 1.48 bits per heavy atom. The second kappa shape index (κ2) is 5.72. The van der Waals surface area contributed by atoms with Gasteiger partial charge in [-0.25, -0.2) is 0 Å². The van der Waals surface area contributed by atoms with Gasteiger partial charge in [0.05, 0.1) is 5.57 Å². The lowest BCUT2D eigenvalue weighted by molar-refractivity contribution is -0.135. The third-order valence-electron chi connectivity index (χ3n) is 4.08. The maximum Gasteiger partial charge on any atom is 0.277 e. The van der Waals surface area contributed by atoms with Gasteiger partial charge in [0, 0.05) is 19.8 Å². The molecule has 0 spiro atoms. The standard InChI is InChI=1S/C19H18N2O2/c1-13-9-11-14(12-10-13)16-17(19(23)21(3)18(16)22)20(2)15-7-5-4-6-8-15/h4-12H,1-3H3. The van der Waals surface area contributed by atoms with Gasteiger partial charge in [-0.3, -0.25) is 14.5 Å². The molecule has 0 saturated carbocycles. The Balaban J connectivity index is 2.16. The third kappa shape index (κ3) is 2.52. The molecule has 0 atom stereocenters. The molecule has 0 aliphatic carbocycles. The zero-order valence-electron chi connectivity index (χ0n) is 13.4. The summed E-state index contributed by atoms with van der Waals surface area (Å²) >= 11 is 0. The first-order valence-corrected chi connectivity index (χ1v) is 7.43. The molecule has 0 radical (unpaired) electrons. The first-order chi connectivity index (χ1) is 11.0. The number of hydrogen-bond donors (Lipinski definition) is 0. The van der Waals surface area contributed by atoms with Crippen molar-refractivity contribution in [3.05, 3.63) is 71.4 Å². The minimum Gasteiger partial charge on any atom is -0.339 e. The summed E-state index contributed by atoms with van der Waals surface area (Å²) in [4.78, 5) is 28.1. The van der Waals surface area contributed by atoms with E-state index in [-0.39, 0.29) is 11.8 Å². The highest BCUT2D eigenvalue weighted by molar-refractivity contribution is 6.36. The Bertz CT molecular complexity index is 792. The van der Waals surface area contributed by atoms with Crippen LogP contribution in [0.15, 0.2) is 60.3 Å². The normalized spacial score (nSPS) is 14.7. The van der Waals surface area contributed by atoms with Crippen molar-refractivity contribution >= 4 is 23.1 Å². The van der Waals surface area contributed by atoms with Gasteiger partial charge in [-0.1, -0.05) is 48.0 Å². The first-order valence-electron chi connectivity index (χ1n) is 7.43.